The normalized spacial score (nSPS) is 21.7. The molecule has 9 nitrogen and oxygen atoms in total. The summed E-state index contributed by atoms with van der Waals surface area (Å²) in [6.45, 7) is 3.67. The number of aliphatic hydroxyl groups excluding tert-OH is 1. The maximum Gasteiger partial charge on any atom is 0.325 e. The molecule has 3 atom stereocenters. The molecule has 0 aromatic carbocycles. The Morgan fingerprint density at radius 3 is 2.59 bits per heavy atom. The Balaban J connectivity index is 1.82. The molecule has 1 heterocycles. The van der Waals surface area contributed by atoms with Crippen LogP contribution in [-0.4, -0.2) is 58.5 Å². The highest BCUT2D eigenvalue weighted by Gasteiger charge is 2.37. The van der Waals surface area contributed by atoms with Gasteiger partial charge >= 0.3 is 5.97 Å². The maximum atomic E-state index is 12.3. The molecule has 1 aromatic heterocycles. The van der Waals surface area contributed by atoms with Crippen LogP contribution in [0.25, 0.3) is 0 Å². The minimum atomic E-state index is -0.787. The lowest BCUT2D eigenvalue weighted by molar-refractivity contribution is -0.141. The van der Waals surface area contributed by atoms with Crippen molar-refractivity contribution < 1.29 is 24.2 Å². The minimum Gasteiger partial charge on any atom is -0.468 e. The second kappa shape index (κ2) is 8.98. The molecule has 0 unspecified atom stereocenters. The highest BCUT2D eigenvalue weighted by molar-refractivity contribution is 5.84. The van der Waals surface area contributed by atoms with Crippen molar-refractivity contribution in [3.8, 4) is 0 Å². The van der Waals surface area contributed by atoms with E-state index in [4.69, 9.17) is 0 Å². The molecule has 27 heavy (non-hydrogen) atoms. The van der Waals surface area contributed by atoms with Crippen LogP contribution < -0.4 is 10.6 Å². The quantitative estimate of drug-likeness (QED) is 0.549. The number of aliphatic hydroxyl groups is 1. The summed E-state index contributed by atoms with van der Waals surface area (Å²) in [7, 11) is 3.11. The fourth-order valence-corrected chi connectivity index (χ4v) is 3.46. The first-order valence-corrected chi connectivity index (χ1v) is 9.04. The molecule has 1 fully saturated rings. The van der Waals surface area contributed by atoms with Gasteiger partial charge in [0.2, 0.25) is 11.8 Å². The van der Waals surface area contributed by atoms with Crippen LogP contribution in [0, 0.1) is 19.8 Å². The first-order valence-electron chi connectivity index (χ1n) is 9.04. The molecule has 0 spiro atoms. The molecular formula is C18H28N4O5. The van der Waals surface area contributed by atoms with Crippen LogP contribution in [0.4, 0.5) is 0 Å². The Labute approximate surface area is 158 Å². The molecule has 1 saturated carbocycles. The average molecular weight is 380 g/mol. The second-order valence-corrected chi connectivity index (χ2v) is 6.98. The highest BCUT2D eigenvalue weighted by Crippen LogP contribution is 2.26. The average Bonchev–Trinajstić information content (AvgIpc) is 3.10. The maximum absolute atomic E-state index is 12.3. The van der Waals surface area contributed by atoms with Crippen molar-refractivity contribution >= 4 is 17.8 Å². The summed E-state index contributed by atoms with van der Waals surface area (Å²) in [5.41, 5.74) is 2.99. The molecule has 1 aliphatic carbocycles. The highest BCUT2D eigenvalue weighted by atomic mass is 16.5. The summed E-state index contributed by atoms with van der Waals surface area (Å²) in [6, 6.07) is -0.470. The van der Waals surface area contributed by atoms with Gasteiger partial charge < -0.3 is 20.5 Å². The summed E-state index contributed by atoms with van der Waals surface area (Å²) in [4.78, 5) is 35.4. The lowest BCUT2D eigenvalue weighted by Crippen LogP contribution is -2.40. The van der Waals surface area contributed by atoms with Gasteiger partial charge in [-0.15, -0.1) is 0 Å². The van der Waals surface area contributed by atoms with E-state index in [0.29, 0.717) is 12.8 Å². The Kier molecular flexibility index (Phi) is 6.95. The number of hydrogen-bond donors (Lipinski definition) is 3. The lowest BCUT2D eigenvalue weighted by atomic mass is 10.1. The number of ether oxygens (including phenoxy) is 1. The number of amides is 2. The van der Waals surface area contributed by atoms with Crippen LogP contribution in [0.15, 0.2) is 0 Å². The van der Waals surface area contributed by atoms with Crippen LogP contribution in [0.3, 0.4) is 0 Å². The van der Waals surface area contributed by atoms with Crippen LogP contribution in [0.2, 0.25) is 0 Å². The predicted octanol–water partition coefficient (Wildman–Crippen LogP) is -0.486. The number of methoxy groups -OCH3 is 1. The first-order chi connectivity index (χ1) is 12.7. The molecule has 0 saturated heterocycles. The first kappa shape index (κ1) is 20.9. The molecule has 3 N–H and O–H groups in total. The van der Waals surface area contributed by atoms with E-state index in [2.05, 4.69) is 20.5 Å². The molecule has 1 aliphatic rings. The van der Waals surface area contributed by atoms with E-state index in [0.717, 1.165) is 17.0 Å². The molecular weight excluding hydrogens is 352 g/mol. The van der Waals surface area contributed by atoms with Crippen molar-refractivity contribution in [2.75, 3.05) is 13.7 Å². The molecule has 2 amide bonds. The summed E-state index contributed by atoms with van der Waals surface area (Å²) in [5, 5.41) is 19.8. The van der Waals surface area contributed by atoms with Gasteiger partial charge in [-0.1, -0.05) is 0 Å². The zero-order chi connectivity index (χ0) is 20.1. The number of hydrogen-bond acceptors (Lipinski definition) is 6. The number of esters is 1. The third-order valence-electron chi connectivity index (χ3n) is 5.14. The number of nitrogens with zero attached hydrogens (tertiary/aromatic N) is 2. The van der Waals surface area contributed by atoms with Crippen LogP contribution in [0.5, 0.6) is 0 Å². The minimum absolute atomic E-state index is 0.169. The number of aromatic nitrogens is 2. The van der Waals surface area contributed by atoms with E-state index in [9.17, 15) is 19.5 Å². The topological polar surface area (TPSA) is 123 Å². The lowest BCUT2D eigenvalue weighted by Gasteiger charge is -2.16. The van der Waals surface area contributed by atoms with Gasteiger partial charge in [-0.25, -0.2) is 0 Å². The second-order valence-electron chi connectivity index (χ2n) is 6.98. The van der Waals surface area contributed by atoms with Gasteiger partial charge in [-0.05, 0) is 38.7 Å². The summed E-state index contributed by atoms with van der Waals surface area (Å²) in [6.07, 6.45) is 0.660. The van der Waals surface area contributed by atoms with E-state index < -0.39 is 24.0 Å². The standard InChI is InChI=1S/C18H28N4O5/c1-10-13(11(2)22(3)21-10)5-6-16(24)20-14-7-12(8-15(14)23)18(26)19-9-17(25)27-4/h12,14-15,23H,5-9H2,1-4H3,(H,19,26)(H,20,24)/t12-,14-,15-/m0/s1. The number of nitrogens with one attached hydrogen (secondary N) is 2. The van der Waals surface area contributed by atoms with Crippen molar-refractivity contribution in [1.82, 2.24) is 20.4 Å². The Bertz CT molecular complexity index is 715. The third-order valence-corrected chi connectivity index (χ3v) is 5.14. The van der Waals surface area contributed by atoms with Crippen molar-refractivity contribution in [1.29, 1.82) is 0 Å². The SMILES string of the molecule is COC(=O)CNC(=O)[C@H]1C[C@H](NC(=O)CCc2c(C)nn(C)c2C)[C@@H](O)C1. The van der Waals surface area contributed by atoms with Crippen LogP contribution in [-0.2, 0) is 32.6 Å². The van der Waals surface area contributed by atoms with Crippen molar-refractivity contribution in [2.24, 2.45) is 13.0 Å². The Morgan fingerprint density at radius 2 is 2.00 bits per heavy atom. The van der Waals surface area contributed by atoms with Gasteiger partial charge in [0.05, 0.1) is 24.9 Å². The summed E-state index contributed by atoms with van der Waals surface area (Å²) >= 11 is 0. The molecule has 9 heteroatoms. The van der Waals surface area contributed by atoms with Gasteiger partial charge in [-0.2, -0.15) is 5.10 Å². The Morgan fingerprint density at radius 1 is 1.30 bits per heavy atom. The number of rotatable bonds is 7. The molecule has 0 aliphatic heterocycles. The zero-order valence-electron chi connectivity index (χ0n) is 16.2. The van der Waals surface area contributed by atoms with E-state index in [-0.39, 0.29) is 31.2 Å². The summed E-state index contributed by atoms with van der Waals surface area (Å²) in [5.74, 6) is -1.47. The van der Waals surface area contributed by atoms with Crippen molar-refractivity contribution in [2.45, 2.75) is 51.7 Å². The number of carbonyl (C=O) groups excluding carboxylic acids is 3. The van der Waals surface area contributed by atoms with E-state index >= 15 is 0 Å². The van der Waals surface area contributed by atoms with Gasteiger partial charge in [0.1, 0.15) is 6.54 Å². The Hall–Kier alpha value is -2.42. The van der Waals surface area contributed by atoms with E-state index in [1.54, 1.807) is 4.68 Å². The van der Waals surface area contributed by atoms with Crippen LogP contribution >= 0.6 is 0 Å². The molecule has 0 bridgehead atoms. The molecule has 150 valence electrons. The van der Waals surface area contributed by atoms with E-state index in [1.807, 2.05) is 20.9 Å². The van der Waals surface area contributed by atoms with Crippen molar-refractivity contribution in [3.05, 3.63) is 17.0 Å². The van der Waals surface area contributed by atoms with Gasteiger partial charge in [0.15, 0.2) is 0 Å². The molecule has 2 rings (SSSR count). The monoisotopic (exact) mass is 380 g/mol. The fraction of sp³-hybridized carbons (Fsp3) is 0.667. The number of aryl methyl sites for hydroxylation is 2. The van der Waals surface area contributed by atoms with Crippen LogP contribution in [0.1, 0.15) is 36.2 Å². The largest absolute Gasteiger partial charge is 0.468 e. The smallest absolute Gasteiger partial charge is 0.325 e. The van der Waals surface area contributed by atoms with Gasteiger partial charge in [0, 0.05) is 25.1 Å². The van der Waals surface area contributed by atoms with Gasteiger partial charge in [-0.3, -0.25) is 19.1 Å². The van der Waals surface area contributed by atoms with E-state index in [1.165, 1.54) is 7.11 Å². The van der Waals surface area contributed by atoms with Crippen molar-refractivity contribution in [3.63, 3.8) is 0 Å². The third kappa shape index (κ3) is 5.29. The predicted molar refractivity (Wildman–Crippen MR) is 96.7 cm³/mol. The molecule has 0 radical (unpaired) electrons. The van der Waals surface area contributed by atoms with Gasteiger partial charge in [0.25, 0.3) is 0 Å². The fourth-order valence-electron chi connectivity index (χ4n) is 3.46. The zero-order valence-corrected chi connectivity index (χ0v) is 16.2. The molecule has 1 aromatic rings. The number of carbonyl (C=O) groups is 3. The summed E-state index contributed by atoms with van der Waals surface area (Å²) < 4.78 is 6.27.